The zero-order valence-electron chi connectivity index (χ0n) is 12.0. The zero-order chi connectivity index (χ0) is 13.8. The van der Waals surface area contributed by atoms with Crippen LogP contribution in [0.1, 0.15) is 45.2 Å². The van der Waals surface area contributed by atoms with Crippen molar-refractivity contribution in [2.24, 2.45) is 5.92 Å². The molecule has 3 heteroatoms. The number of nitrogens with one attached hydrogen (secondary N) is 1. The molecule has 1 saturated heterocycles. The van der Waals surface area contributed by atoms with Crippen molar-refractivity contribution in [3.05, 3.63) is 35.6 Å². The smallest absolute Gasteiger partial charge is 0.127 e. The van der Waals surface area contributed by atoms with Crippen molar-refractivity contribution in [3.8, 4) is 0 Å². The second kappa shape index (κ2) is 6.49. The van der Waals surface area contributed by atoms with E-state index in [1.165, 1.54) is 6.07 Å². The first-order chi connectivity index (χ1) is 9.08. The van der Waals surface area contributed by atoms with Gasteiger partial charge in [-0.05, 0) is 31.7 Å². The molecule has 19 heavy (non-hydrogen) atoms. The van der Waals surface area contributed by atoms with Crippen LogP contribution in [0.4, 0.5) is 4.39 Å². The predicted molar refractivity (Wildman–Crippen MR) is 75.6 cm³/mol. The zero-order valence-corrected chi connectivity index (χ0v) is 12.0. The third-order valence-corrected chi connectivity index (χ3v) is 3.92. The molecular weight excluding hydrogens is 241 g/mol. The molecule has 1 aliphatic rings. The predicted octanol–water partition coefficient (Wildman–Crippen LogP) is 3.68. The van der Waals surface area contributed by atoms with Gasteiger partial charge in [0.15, 0.2) is 0 Å². The van der Waals surface area contributed by atoms with Gasteiger partial charge < -0.3 is 10.1 Å². The summed E-state index contributed by atoms with van der Waals surface area (Å²) in [6.45, 7) is 7.20. The minimum Gasteiger partial charge on any atom is -0.378 e. The molecule has 0 radical (unpaired) electrons. The molecule has 3 atom stereocenters. The lowest BCUT2D eigenvalue weighted by atomic mass is 9.94. The Morgan fingerprint density at radius 3 is 2.68 bits per heavy atom. The Labute approximate surface area is 115 Å². The summed E-state index contributed by atoms with van der Waals surface area (Å²) in [5, 5.41) is 3.54. The summed E-state index contributed by atoms with van der Waals surface area (Å²) in [6, 6.07) is 7.44. The van der Waals surface area contributed by atoms with Crippen LogP contribution in [0.15, 0.2) is 24.3 Å². The highest BCUT2D eigenvalue weighted by Crippen LogP contribution is 2.23. The molecular formula is C16H24FNO. The van der Waals surface area contributed by atoms with Crippen LogP contribution in [-0.4, -0.2) is 18.8 Å². The van der Waals surface area contributed by atoms with Gasteiger partial charge in [0.1, 0.15) is 5.82 Å². The molecule has 0 spiro atoms. The maximum Gasteiger partial charge on any atom is 0.127 e. The van der Waals surface area contributed by atoms with Gasteiger partial charge in [-0.3, -0.25) is 0 Å². The lowest BCUT2D eigenvalue weighted by Gasteiger charge is -2.34. The van der Waals surface area contributed by atoms with E-state index < -0.39 is 0 Å². The van der Waals surface area contributed by atoms with Crippen molar-refractivity contribution in [1.82, 2.24) is 5.32 Å². The highest BCUT2D eigenvalue weighted by Gasteiger charge is 2.26. The van der Waals surface area contributed by atoms with E-state index >= 15 is 0 Å². The van der Waals surface area contributed by atoms with Gasteiger partial charge in [-0.15, -0.1) is 0 Å². The molecule has 0 aliphatic carbocycles. The van der Waals surface area contributed by atoms with Crippen LogP contribution >= 0.6 is 0 Å². The molecule has 1 N–H and O–H groups in total. The molecule has 2 rings (SSSR count). The van der Waals surface area contributed by atoms with Crippen LogP contribution in [0.5, 0.6) is 0 Å². The first kappa shape index (κ1) is 14.5. The first-order valence-corrected chi connectivity index (χ1v) is 7.20. The Morgan fingerprint density at radius 1 is 1.26 bits per heavy atom. The lowest BCUT2D eigenvalue weighted by Crippen LogP contribution is -2.41. The van der Waals surface area contributed by atoms with Crippen LogP contribution in [0.3, 0.4) is 0 Å². The number of hydrogen-bond acceptors (Lipinski definition) is 2. The third kappa shape index (κ3) is 3.77. The fraction of sp³-hybridized carbons (Fsp3) is 0.625. The van der Waals surface area contributed by atoms with Gasteiger partial charge in [0.05, 0.1) is 6.10 Å². The normalized spacial score (nSPS) is 25.5. The second-order valence-electron chi connectivity index (χ2n) is 5.78. The average Bonchev–Trinajstić information content (AvgIpc) is 2.39. The van der Waals surface area contributed by atoms with Crippen LogP contribution in [-0.2, 0) is 4.74 Å². The first-order valence-electron chi connectivity index (χ1n) is 7.20. The summed E-state index contributed by atoms with van der Waals surface area (Å²) in [4.78, 5) is 0. The van der Waals surface area contributed by atoms with Gasteiger partial charge in [0.2, 0.25) is 0 Å². The maximum absolute atomic E-state index is 13.7. The number of rotatable bonds is 4. The van der Waals surface area contributed by atoms with E-state index in [1.807, 2.05) is 19.1 Å². The van der Waals surface area contributed by atoms with Crippen molar-refractivity contribution in [1.29, 1.82) is 0 Å². The van der Waals surface area contributed by atoms with Crippen LogP contribution in [0, 0.1) is 11.7 Å². The number of benzene rings is 1. The van der Waals surface area contributed by atoms with Crippen molar-refractivity contribution in [3.63, 3.8) is 0 Å². The molecule has 0 saturated carbocycles. The van der Waals surface area contributed by atoms with Gasteiger partial charge in [0.25, 0.3) is 0 Å². The van der Waals surface area contributed by atoms with Gasteiger partial charge >= 0.3 is 0 Å². The van der Waals surface area contributed by atoms with E-state index in [4.69, 9.17) is 4.74 Å². The fourth-order valence-corrected chi connectivity index (χ4v) is 2.71. The molecule has 1 fully saturated rings. The summed E-state index contributed by atoms with van der Waals surface area (Å²) in [5.74, 6) is 0.406. The average molecular weight is 265 g/mol. The van der Waals surface area contributed by atoms with E-state index in [1.54, 1.807) is 6.07 Å². The van der Waals surface area contributed by atoms with E-state index in [9.17, 15) is 4.39 Å². The third-order valence-electron chi connectivity index (χ3n) is 3.92. The van der Waals surface area contributed by atoms with Crippen molar-refractivity contribution >= 4 is 0 Å². The summed E-state index contributed by atoms with van der Waals surface area (Å²) in [5.41, 5.74) is 0.745. The van der Waals surface area contributed by atoms with Gasteiger partial charge in [0, 0.05) is 24.3 Å². The molecule has 0 amide bonds. The van der Waals surface area contributed by atoms with Crippen LogP contribution < -0.4 is 5.32 Å². The highest BCUT2D eigenvalue weighted by molar-refractivity contribution is 5.20. The van der Waals surface area contributed by atoms with Gasteiger partial charge in [-0.25, -0.2) is 4.39 Å². The Balaban J connectivity index is 1.95. The summed E-state index contributed by atoms with van der Waals surface area (Å²) < 4.78 is 19.5. The van der Waals surface area contributed by atoms with Crippen LogP contribution in [0.2, 0.25) is 0 Å². The molecule has 1 aliphatic heterocycles. The highest BCUT2D eigenvalue weighted by atomic mass is 19.1. The SMILES string of the molecule is CC(C)C1CC(N[C@H](C)c2ccccc2F)CCO1. The summed E-state index contributed by atoms with van der Waals surface area (Å²) >= 11 is 0. The Hall–Kier alpha value is -0.930. The standard InChI is InChI=1S/C16H24FNO/c1-11(2)16-10-13(8-9-19-16)18-12(3)14-6-4-5-7-15(14)17/h4-7,11-13,16,18H,8-10H2,1-3H3/t12-,13?,16?/m1/s1. The van der Waals surface area contributed by atoms with Crippen molar-refractivity contribution in [2.45, 2.75) is 51.8 Å². The Bertz CT molecular complexity index is 407. The Kier molecular flexibility index (Phi) is 4.94. The quantitative estimate of drug-likeness (QED) is 0.896. The second-order valence-corrected chi connectivity index (χ2v) is 5.78. The van der Waals surface area contributed by atoms with E-state index in [2.05, 4.69) is 19.2 Å². The maximum atomic E-state index is 13.7. The monoisotopic (exact) mass is 265 g/mol. The number of halogens is 1. The minimum absolute atomic E-state index is 0.0390. The molecule has 1 aromatic carbocycles. The van der Waals surface area contributed by atoms with Crippen molar-refractivity contribution in [2.75, 3.05) is 6.61 Å². The molecule has 1 heterocycles. The van der Waals surface area contributed by atoms with E-state index in [0.29, 0.717) is 18.1 Å². The largest absolute Gasteiger partial charge is 0.378 e. The minimum atomic E-state index is -0.130. The summed E-state index contributed by atoms with van der Waals surface area (Å²) in [6.07, 6.45) is 2.33. The Morgan fingerprint density at radius 2 is 2.00 bits per heavy atom. The lowest BCUT2D eigenvalue weighted by molar-refractivity contribution is -0.0257. The van der Waals surface area contributed by atoms with E-state index in [-0.39, 0.29) is 11.9 Å². The molecule has 1 aromatic rings. The van der Waals surface area contributed by atoms with Gasteiger partial charge in [-0.1, -0.05) is 32.0 Å². The molecule has 0 bridgehead atoms. The molecule has 2 nitrogen and oxygen atoms in total. The van der Waals surface area contributed by atoms with Crippen LogP contribution in [0.25, 0.3) is 0 Å². The fourth-order valence-electron chi connectivity index (χ4n) is 2.71. The number of ether oxygens (including phenoxy) is 1. The topological polar surface area (TPSA) is 21.3 Å². The van der Waals surface area contributed by atoms with Crippen molar-refractivity contribution < 1.29 is 9.13 Å². The molecule has 2 unspecified atom stereocenters. The summed E-state index contributed by atoms with van der Waals surface area (Å²) in [7, 11) is 0. The number of hydrogen-bond donors (Lipinski definition) is 1. The molecule has 106 valence electrons. The van der Waals surface area contributed by atoms with Gasteiger partial charge in [-0.2, -0.15) is 0 Å². The molecule has 0 aromatic heterocycles. The van der Waals surface area contributed by atoms with E-state index in [0.717, 1.165) is 25.0 Å².